The van der Waals surface area contributed by atoms with E-state index in [2.05, 4.69) is 10.3 Å². The van der Waals surface area contributed by atoms with E-state index < -0.39 is 18.5 Å². The van der Waals surface area contributed by atoms with Crippen molar-refractivity contribution in [3.8, 4) is 0 Å². The van der Waals surface area contributed by atoms with Crippen molar-refractivity contribution in [1.29, 1.82) is 0 Å². The minimum Gasteiger partial charge on any atom is -0.459 e. The third-order valence-corrected chi connectivity index (χ3v) is 3.75. The fourth-order valence-corrected chi connectivity index (χ4v) is 2.45. The molecule has 2 aromatic heterocycles. The van der Waals surface area contributed by atoms with Crippen LogP contribution in [0, 0.1) is 0 Å². The van der Waals surface area contributed by atoms with Crippen LogP contribution in [0.25, 0.3) is 11.0 Å². The molecule has 2 heterocycles. The van der Waals surface area contributed by atoms with Gasteiger partial charge in [0.15, 0.2) is 6.61 Å². The molecule has 0 aliphatic carbocycles. The van der Waals surface area contributed by atoms with Gasteiger partial charge in [0, 0.05) is 16.6 Å². The number of ether oxygens (including phenoxy) is 1. The molecular weight excluding hydrogens is 344 g/mol. The van der Waals surface area contributed by atoms with Crippen LogP contribution >= 0.6 is 11.6 Å². The number of aromatic nitrogens is 1. The molecule has 1 atom stereocenters. The molecule has 0 saturated carbocycles. The van der Waals surface area contributed by atoms with E-state index in [-0.39, 0.29) is 11.7 Å². The maximum atomic E-state index is 12.0. The van der Waals surface area contributed by atoms with Crippen LogP contribution < -0.4 is 5.32 Å². The lowest BCUT2D eigenvalue weighted by Gasteiger charge is -2.11. The molecule has 6 nitrogen and oxygen atoms in total. The third kappa shape index (κ3) is 4.16. The van der Waals surface area contributed by atoms with Crippen LogP contribution in [-0.4, -0.2) is 23.5 Å². The number of carbonyl (C=O) groups is 2. The summed E-state index contributed by atoms with van der Waals surface area (Å²) in [5, 5.41) is 4.04. The minimum atomic E-state index is -0.714. The lowest BCUT2D eigenvalue weighted by Crippen LogP contribution is -2.31. The number of furan rings is 1. The predicted octanol–water partition coefficient (Wildman–Crippen LogP) is 3.52. The fraction of sp³-hybridized carbons (Fsp3) is 0.167. The minimum absolute atomic E-state index is 0.0469. The number of benzene rings is 1. The summed E-state index contributed by atoms with van der Waals surface area (Å²) in [5.74, 6) is -0.533. The number of amides is 1. The summed E-state index contributed by atoms with van der Waals surface area (Å²) >= 11 is 5.78. The largest absolute Gasteiger partial charge is 0.459 e. The van der Waals surface area contributed by atoms with E-state index in [4.69, 9.17) is 20.8 Å². The maximum Gasteiger partial charge on any atom is 0.357 e. The summed E-state index contributed by atoms with van der Waals surface area (Å²) < 4.78 is 10.6. The lowest BCUT2D eigenvalue weighted by atomic mass is 10.2. The molecule has 3 rings (SSSR count). The number of pyridine rings is 1. The Kier molecular flexibility index (Phi) is 5.00. The van der Waals surface area contributed by atoms with Crippen molar-refractivity contribution in [2.75, 3.05) is 6.61 Å². The molecular formula is C18H15ClN2O4. The van der Waals surface area contributed by atoms with Gasteiger partial charge in [0.2, 0.25) is 0 Å². The number of fused-ring (bicyclic) bond motifs is 1. The number of hydrogen-bond acceptors (Lipinski definition) is 5. The SMILES string of the molecule is C[C@@H](NC(=O)COC(=O)c1cc(Cl)ccn1)c1cc2ccccc2o1. The van der Waals surface area contributed by atoms with Gasteiger partial charge in [0.25, 0.3) is 5.91 Å². The van der Waals surface area contributed by atoms with Gasteiger partial charge in [-0.25, -0.2) is 9.78 Å². The molecule has 0 aliphatic heterocycles. The number of para-hydroxylation sites is 1. The summed E-state index contributed by atoms with van der Waals surface area (Å²) in [4.78, 5) is 27.6. The molecule has 25 heavy (non-hydrogen) atoms. The Morgan fingerprint density at radius 1 is 1.28 bits per heavy atom. The van der Waals surface area contributed by atoms with Crippen molar-refractivity contribution in [2.24, 2.45) is 0 Å². The van der Waals surface area contributed by atoms with Crippen LogP contribution in [0.15, 0.2) is 53.1 Å². The highest BCUT2D eigenvalue weighted by Crippen LogP contribution is 2.23. The fourth-order valence-electron chi connectivity index (χ4n) is 2.29. The molecule has 128 valence electrons. The lowest BCUT2D eigenvalue weighted by molar-refractivity contribution is -0.125. The number of hydrogen-bond donors (Lipinski definition) is 1. The Morgan fingerprint density at radius 3 is 2.84 bits per heavy atom. The van der Waals surface area contributed by atoms with Gasteiger partial charge in [-0.05, 0) is 31.2 Å². The number of halogens is 1. The van der Waals surface area contributed by atoms with Gasteiger partial charge in [0.1, 0.15) is 17.0 Å². The Morgan fingerprint density at radius 2 is 2.08 bits per heavy atom. The van der Waals surface area contributed by atoms with Crippen molar-refractivity contribution in [3.05, 3.63) is 65.1 Å². The van der Waals surface area contributed by atoms with Crippen LogP contribution in [0.2, 0.25) is 5.02 Å². The monoisotopic (exact) mass is 358 g/mol. The Labute approximate surface area is 148 Å². The molecule has 1 aromatic carbocycles. The molecule has 3 aromatic rings. The molecule has 7 heteroatoms. The van der Waals surface area contributed by atoms with Crippen molar-refractivity contribution < 1.29 is 18.7 Å². The second kappa shape index (κ2) is 7.36. The molecule has 1 amide bonds. The first kappa shape index (κ1) is 17.0. The Hall–Kier alpha value is -2.86. The van der Waals surface area contributed by atoms with Gasteiger partial charge in [-0.15, -0.1) is 0 Å². The van der Waals surface area contributed by atoms with Gasteiger partial charge in [-0.1, -0.05) is 29.8 Å². The standard InChI is InChI=1S/C18H15ClN2O4/c1-11(16-8-12-4-2-3-5-15(12)25-16)21-17(22)10-24-18(23)14-9-13(19)6-7-20-14/h2-9,11H,10H2,1H3,(H,21,22)/t11-/m1/s1. The number of nitrogens with one attached hydrogen (secondary N) is 1. The summed E-state index contributed by atoms with van der Waals surface area (Å²) in [6.07, 6.45) is 1.39. The van der Waals surface area contributed by atoms with E-state index >= 15 is 0 Å². The number of nitrogens with zero attached hydrogens (tertiary/aromatic N) is 1. The van der Waals surface area contributed by atoms with E-state index in [1.807, 2.05) is 30.3 Å². The third-order valence-electron chi connectivity index (χ3n) is 3.51. The van der Waals surface area contributed by atoms with Crippen LogP contribution in [-0.2, 0) is 9.53 Å². The second-order valence-electron chi connectivity index (χ2n) is 5.41. The van der Waals surface area contributed by atoms with Crippen LogP contribution in [0.1, 0.15) is 29.2 Å². The summed E-state index contributed by atoms with van der Waals surface area (Å²) in [5.41, 5.74) is 0.794. The van der Waals surface area contributed by atoms with Gasteiger partial charge in [-0.3, -0.25) is 4.79 Å². The van der Waals surface area contributed by atoms with E-state index in [0.717, 1.165) is 11.0 Å². The maximum absolute atomic E-state index is 12.0. The van der Waals surface area contributed by atoms with E-state index in [1.54, 1.807) is 13.0 Å². The Bertz CT molecular complexity index is 889. The first-order valence-electron chi connectivity index (χ1n) is 7.59. The topological polar surface area (TPSA) is 81.4 Å². The van der Waals surface area contributed by atoms with Crippen LogP contribution in [0.5, 0.6) is 0 Å². The van der Waals surface area contributed by atoms with E-state index in [9.17, 15) is 9.59 Å². The zero-order chi connectivity index (χ0) is 17.8. The number of carbonyl (C=O) groups excluding carboxylic acids is 2. The average molecular weight is 359 g/mol. The summed E-state index contributed by atoms with van der Waals surface area (Å²) in [6, 6.07) is 12.0. The molecule has 0 aliphatic rings. The second-order valence-corrected chi connectivity index (χ2v) is 5.85. The predicted molar refractivity (Wildman–Crippen MR) is 92.3 cm³/mol. The van der Waals surface area contributed by atoms with Crippen LogP contribution in [0.4, 0.5) is 0 Å². The molecule has 1 N–H and O–H groups in total. The van der Waals surface area contributed by atoms with Crippen molar-refractivity contribution in [2.45, 2.75) is 13.0 Å². The van der Waals surface area contributed by atoms with Gasteiger partial charge >= 0.3 is 5.97 Å². The normalized spacial score (nSPS) is 11.9. The molecule has 0 fully saturated rings. The number of esters is 1. The highest BCUT2D eigenvalue weighted by molar-refractivity contribution is 6.30. The highest BCUT2D eigenvalue weighted by atomic mass is 35.5. The van der Waals surface area contributed by atoms with Gasteiger partial charge in [-0.2, -0.15) is 0 Å². The quantitative estimate of drug-likeness (QED) is 0.706. The van der Waals surface area contributed by atoms with Crippen molar-refractivity contribution in [1.82, 2.24) is 10.3 Å². The smallest absolute Gasteiger partial charge is 0.357 e. The Balaban J connectivity index is 1.55. The van der Waals surface area contributed by atoms with E-state index in [0.29, 0.717) is 10.8 Å². The zero-order valence-corrected chi connectivity index (χ0v) is 14.1. The van der Waals surface area contributed by atoms with Crippen molar-refractivity contribution >= 4 is 34.4 Å². The van der Waals surface area contributed by atoms with Crippen LogP contribution in [0.3, 0.4) is 0 Å². The number of rotatable bonds is 5. The molecule has 0 saturated heterocycles. The van der Waals surface area contributed by atoms with E-state index in [1.165, 1.54) is 12.3 Å². The van der Waals surface area contributed by atoms with Gasteiger partial charge < -0.3 is 14.5 Å². The first-order valence-corrected chi connectivity index (χ1v) is 7.97. The van der Waals surface area contributed by atoms with Gasteiger partial charge in [0.05, 0.1) is 6.04 Å². The average Bonchev–Trinajstić information content (AvgIpc) is 3.04. The highest BCUT2D eigenvalue weighted by Gasteiger charge is 2.16. The van der Waals surface area contributed by atoms with Crippen molar-refractivity contribution in [3.63, 3.8) is 0 Å². The zero-order valence-electron chi connectivity index (χ0n) is 13.4. The first-order chi connectivity index (χ1) is 12.0. The summed E-state index contributed by atoms with van der Waals surface area (Å²) in [7, 11) is 0. The summed E-state index contributed by atoms with van der Waals surface area (Å²) in [6.45, 7) is 1.37. The molecule has 0 spiro atoms. The molecule has 0 bridgehead atoms. The molecule has 0 unspecified atom stereocenters. The molecule has 0 radical (unpaired) electrons.